The van der Waals surface area contributed by atoms with Gasteiger partial charge in [0.2, 0.25) is 11.8 Å². The van der Waals surface area contributed by atoms with Crippen LogP contribution >= 0.6 is 0 Å². The maximum atomic E-state index is 11.4. The van der Waals surface area contributed by atoms with Crippen molar-refractivity contribution in [2.24, 2.45) is 17.6 Å². The highest BCUT2D eigenvalue weighted by Crippen LogP contribution is 2.29. The van der Waals surface area contributed by atoms with Crippen LogP contribution < -0.4 is 11.1 Å². The molecule has 0 bridgehead atoms. The van der Waals surface area contributed by atoms with Crippen molar-refractivity contribution in [3.63, 3.8) is 0 Å². The molecular weight excluding hydrogens is 194 g/mol. The van der Waals surface area contributed by atoms with Gasteiger partial charge in [0.05, 0.1) is 6.07 Å². The fourth-order valence-corrected chi connectivity index (χ4v) is 1.29. The molecule has 0 aliphatic heterocycles. The van der Waals surface area contributed by atoms with E-state index in [1.165, 1.54) is 0 Å². The average molecular weight is 209 g/mol. The van der Waals surface area contributed by atoms with Crippen molar-refractivity contribution in [3.8, 4) is 6.07 Å². The van der Waals surface area contributed by atoms with Crippen molar-refractivity contribution in [1.82, 2.24) is 5.32 Å². The molecule has 2 amide bonds. The molecule has 1 aliphatic carbocycles. The number of nitrogens with zero attached hydrogens (tertiary/aromatic N) is 1. The molecule has 15 heavy (non-hydrogen) atoms. The van der Waals surface area contributed by atoms with Gasteiger partial charge < -0.3 is 11.1 Å². The van der Waals surface area contributed by atoms with Crippen molar-refractivity contribution in [2.75, 3.05) is 0 Å². The topological polar surface area (TPSA) is 96.0 Å². The van der Waals surface area contributed by atoms with Crippen molar-refractivity contribution < 1.29 is 9.59 Å². The minimum Gasteiger partial charge on any atom is -0.368 e. The van der Waals surface area contributed by atoms with E-state index >= 15 is 0 Å². The van der Waals surface area contributed by atoms with E-state index in [0.29, 0.717) is 0 Å². The predicted octanol–water partition coefficient (Wildman–Crippen LogP) is -0.0837. The Kier molecular flexibility index (Phi) is 3.67. The number of primary amides is 1. The van der Waals surface area contributed by atoms with E-state index in [4.69, 9.17) is 11.0 Å². The fourth-order valence-electron chi connectivity index (χ4n) is 1.29. The third-order valence-electron chi connectivity index (χ3n) is 2.42. The van der Waals surface area contributed by atoms with Gasteiger partial charge in [0, 0.05) is 11.8 Å². The average Bonchev–Trinajstić information content (AvgIpc) is 2.99. The Morgan fingerprint density at radius 3 is 2.60 bits per heavy atom. The Morgan fingerprint density at radius 2 is 2.20 bits per heavy atom. The summed E-state index contributed by atoms with van der Waals surface area (Å²) in [7, 11) is 0. The molecule has 0 unspecified atom stereocenters. The van der Waals surface area contributed by atoms with Gasteiger partial charge in [0.25, 0.3) is 0 Å². The van der Waals surface area contributed by atoms with Gasteiger partial charge in [-0.1, -0.05) is 0 Å². The van der Waals surface area contributed by atoms with Gasteiger partial charge in [0.15, 0.2) is 0 Å². The zero-order valence-electron chi connectivity index (χ0n) is 8.69. The van der Waals surface area contributed by atoms with Crippen LogP contribution in [0.15, 0.2) is 0 Å². The first kappa shape index (κ1) is 11.5. The zero-order valence-corrected chi connectivity index (χ0v) is 8.69. The lowest BCUT2D eigenvalue weighted by atomic mass is 10.0. The summed E-state index contributed by atoms with van der Waals surface area (Å²) in [5, 5.41) is 11.2. The molecule has 0 radical (unpaired) electrons. The number of nitriles is 1. The summed E-state index contributed by atoms with van der Waals surface area (Å²) < 4.78 is 0. The molecule has 1 fully saturated rings. The lowest BCUT2D eigenvalue weighted by Crippen LogP contribution is -2.45. The van der Waals surface area contributed by atoms with E-state index in [1.54, 1.807) is 6.92 Å². The van der Waals surface area contributed by atoms with Gasteiger partial charge in [-0.3, -0.25) is 9.59 Å². The largest absolute Gasteiger partial charge is 0.368 e. The molecule has 0 aromatic rings. The van der Waals surface area contributed by atoms with Crippen LogP contribution in [0.3, 0.4) is 0 Å². The van der Waals surface area contributed by atoms with Gasteiger partial charge in [0.1, 0.15) is 6.04 Å². The van der Waals surface area contributed by atoms with Crippen LogP contribution in [0.2, 0.25) is 0 Å². The lowest BCUT2D eigenvalue weighted by molar-refractivity contribution is -0.128. The molecule has 0 heterocycles. The van der Waals surface area contributed by atoms with E-state index in [2.05, 4.69) is 5.32 Å². The summed E-state index contributed by atoms with van der Waals surface area (Å²) in [4.78, 5) is 22.4. The van der Waals surface area contributed by atoms with Crippen LogP contribution in [0.5, 0.6) is 0 Å². The summed E-state index contributed by atoms with van der Waals surface area (Å²) >= 11 is 0. The normalized spacial score (nSPS) is 18.7. The van der Waals surface area contributed by atoms with Crippen molar-refractivity contribution in [2.45, 2.75) is 32.2 Å². The highest BCUT2D eigenvalue weighted by molar-refractivity contribution is 5.88. The second kappa shape index (κ2) is 4.78. The van der Waals surface area contributed by atoms with Crippen LogP contribution in [0.1, 0.15) is 26.2 Å². The molecule has 2 atom stereocenters. The third kappa shape index (κ3) is 3.58. The zero-order chi connectivity index (χ0) is 11.4. The van der Waals surface area contributed by atoms with E-state index in [9.17, 15) is 9.59 Å². The Bertz CT molecular complexity index is 304. The van der Waals surface area contributed by atoms with E-state index in [-0.39, 0.29) is 24.2 Å². The van der Waals surface area contributed by atoms with E-state index in [1.807, 2.05) is 6.07 Å². The fraction of sp³-hybridized carbons (Fsp3) is 0.700. The van der Waals surface area contributed by atoms with E-state index < -0.39 is 11.9 Å². The molecule has 5 heteroatoms. The van der Waals surface area contributed by atoms with Gasteiger partial charge in [-0.15, -0.1) is 0 Å². The number of nitrogens with two attached hydrogens (primary N) is 1. The van der Waals surface area contributed by atoms with Crippen molar-refractivity contribution >= 4 is 11.8 Å². The Balaban J connectivity index is 2.46. The number of hydrogen-bond donors (Lipinski definition) is 2. The monoisotopic (exact) mass is 209 g/mol. The molecule has 0 aromatic heterocycles. The number of nitrogens with one attached hydrogen (secondary N) is 1. The van der Waals surface area contributed by atoms with Crippen molar-refractivity contribution in [3.05, 3.63) is 0 Å². The summed E-state index contributed by atoms with van der Waals surface area (Å²) in [5.41, 5.74) is 5.15. The SMILES string of the molecule is C[C@@H](C#N)C[C@H](NC(=O)C1CC1)C(N)=O. The predicted molar refractivity (Wildman–Crippen MR) is 53.2 cm³/mol. The second-order valence-corrected chi connectivity index (χ2v) is 4.00. The minimum absolute atomic E-state index is 0.0456. The number of carbonyl (C=O) groups is 2. The Hall–Kier alpha value is -1.57. The molecule has 82 valence electrons. The molecule has 1 saturated carbocycles. The molecule has 0 aromatic carbocycles. The number of rotatable bonds is 5. The number of hydrogen-bond acceptors (Lipinski definition) is 3. The Morgan fingerprint density at radius 1 is 1.60 bits per heavy atom. The maximum absolute atomic E-state index is 11.4. The summed E-state index contributed by atoms with van der Waals surface area (Å²) in [6.45, 7) is 1.69. The molecule has 5 nitrogen and oxygen atoms in total. The lowest BCUT2D eigenvalue weighted by Gasteiger charge is -2.16. The highest BCUT2D eigenvalue weighted by atomic mass is 16.2. The molecule has 1 aliphatic rings. The summed E-state index contributed by atoms with van der Waals surface area (Å²) in [6, 6.07) is 1.29. The molecule has 3 N–H and O–H groups in total. The number of carbonyl (C=O) groups excluding carboxylic acids is 2. The van der Waals surface area contributed by atoms with Crippen LogP contribution in [0.25, 0.3) is 0 Å². The third-order valence-corrected chi connectivity index (χ3v) is 2.42. The minimum atomic E-state index is -0.715. The van der Waals surface area contributed by atoms with Gasteiger partial charge >= 0.3 is 0 Å². The van der Waals surface area contributed by atoms with Gasteiger partial charge in [-0.25, -0.2) is 0 Å². The number of amides is 2. The molecular formula is C10H15N3O2. The maximum Gasteiger partial charge on any atom is 0.240 e. The first-order valence-corrected chi connectivity index (χ1v) is 5.04. The molecule has 0 spiro atoms. The van der Waals surface area contributed by atoms with Gasteiger partial charge in [-0.05, 0) is 26.2 Å². The summed E-state index contributed by atoms with van der Waals surface area (Å²) in [5.74, 6) is -0.943. The van der Waals surface area contributed by atoms with E-state index in [0.717, 1.165) is 12.8 Å². The van der Waals surface area contributed by atoms with Crippen LogP contribution in [-0.4, -0.2) is 17.9 Å². The first-order valence-electron chi connectivity index (χ1n) is 5.04. The summed E-state index contributed by atoms with van der Waals surface area (Å²) in [6.07, 6.45) is 2.04. The van der Waals surface area contributed by atoms with Crippen LogP contribution in [0, 0.1) is 23.2 Å². The highest BCUT2D eigenvalue weighted by Gasteiger charge is 2.32. The van der Waals surface area contributed by atoms with Crippen LogP contribution in [-0.2, 0) is 9.59 Å². The van der Waals surface area contributed by atoms with Crippen LogP contribution in [0.4, 0.5) is 0 Å². The standard InChI is InChI=1S/C10H15N3O2/c1-6(5-11)4-8(9(12)14)13-10(15)7-2-3-7/h6-8H,2-4H2,1H3,(H2,12,14)(H,13,15)/t6-,8+/m1/s1. The van der Waals surface area contributed by atoms with Gasteiger partial charge in [-0.2, -0.15) is 5.26 Å². The first-order chi connectivity index (χ1) is 7.04. The Labute approximate surface area is 88.6 Å². The second-order valence-electron chi connectivity index (χ2n) is 4.00. The molecule has 0 saturated heterocycles. The smallest absolute Gasteiger partial charge is 0.240 e. The van der Waals surface area contributed by atoms with Crippen molar-refractivity contribution in [1.29, 1.82) is 5.26 Å². The molecule has 1 rings (SSSR count). The quantitative estimate of drug-likeness (QED) is 0.662.